The van der Waals surface area contributed by atoms with Crippen molar-refractivity contribution in [3.8, 4) is 0 Å². The van der Waals surface area contributed by atoms with Gasteiger partial charge in [0.15, 0.2) is 0 Å². The molecule has 3 rings (SSSR count). The standard InChI is InChI=1S/C18H18FN3O2/c19-13-3-1-4-14(10-13)21-17-16(5-2-8-20-17)18(24)22-15-7-6-12(9-15)11-23/h1-8,10,12,15,23H,9,11H2,(H,20,21)(H,22,24)/t12-,15+/m0/s1. The van der Waals surface area contributed by atoms with Gasteiger partial charge in [0.25, 0.3) is 5.91 Å². The Hall–Kier alpha value is -2.73. The van der Waals surface area contributed by atoms with Crippen LogP contribution in [-0.4, -0.2) is 28.6 Å². The van der Waals surface area contributed by atoms with Crippen LogP contribution in [0.25, 0.3) is 0 Å². The van der Waals surface area contributed by atoms with E-state index in [0.29, 0.717) is 23.5 Å². The van der Waals surface area contributed by atoms with E-state index in [9.17, 15) is 9.18 Å². The van der Waals surface area contributed by atoms with E-state index in [-0.39, 0.29) is 30.3 Å². The second kappa shape index (κ2) is 7.23. The Morgan fingerprint density at radius 3 is 2.92 bits per heavy atom. The highest BCUT2D eigenvalue weighted by molar-refractivity contribution is 5.99. The van der Waals surface area contributed by atoms with Crippen LogP contribution >= 0.6 is 0 Å². The Morgan fingerprint density at radius 1 is 1.29 bits per heavy atom. The average molecular weight is 327 g/mol. The lowest BCUT2D eigenvalue weighted by molar-refractivity contribution is 0.0941. The average Bonchev–Trinajstić information content (AvgIpc) is 3.03. The largest absolute Gasteiger partial charge is 0.396 e. The highest BCUT2D eigenvalue weighted by Crippen LogP contribution is 2.21. The fourth-order valence-corrected chi connectivity index (χ4v) is 2.65. The molecule has 1 amide bonds. The highest BCUT2D eigenvalue weighted by Gasteiger charge is 2.21. The van der Waals surface area contributed by atoms with Gasteiger partial charge in [-0.3, -0.25) is 4.79 Å². The third-order valence-electron chi connectivity index (χ3n) is 3.86. The van der Waals surface area contributed by atoms with Gasteiger partial charge in [0, 0.05) is 30.5 Å². The number of hydrogen-bond acceptors (Lipinski definition) is 4. The summed E-state index contributed by atoms with van der Waals surface area (Å²) in [6.07, 6.45) is 6.03. The Balaban J connectivity index is 1.74. The lowest BCUT2D eigenvalue weighted by Gasteiger charge is -2.15. The van der Waals surface area contributed by atoms with Gasteiger partial charge in [-0.1, -0.05) is 18.2 Å². The van der Waals surface area contributed by atoms with E-state index in [1.807, 2.05) is 12.2 Å². The van der Waals surface area contributed by atoms with Crippen LogP contribution in [-0.2, 0) is 0 Å². The molecule has 0 unspecified atom stereocenters. The fraction of sp³-hybridized carbons (Fsp3) is 0.222. The molecule has 0 fully saturated rings. The molecule has 1 aliphatic carbocycles. The SMILES string of the molecule is O=C(N[C@@H]1C=C[C@H](CO)C1)c1cccnc1Nc1cccc(F)c1. The fourth-order valence-electron chi connectivity index (χ4n) is 2.65. The molecular weight excluding hydrogens is 309 g/mol. The van der Waals surface area contributed by atoms with E-state index < -0.39 is 0 Å². The van der Waals surface area contributed by atoms with Gasteiger partial charge < -0.3 is 15.7 Å². The third kappa shape index (κ3) is 3.78. The van der Waals surface area contributed by atoms with Crippen molar-refractivity contribution in [2.45, 2.75) is 12.5 Å². The van der Waals surface area contributed by atoms with Gasteiger partial charge in [0.2, 0.25) is 0 Å². The maximum Gasteiger partial charge on any atom is 0.255 e. The van der Waals surface area contributed by atoms with Crippen molar-refractivity contribution in [2.75, 3.05) is 11.9 Å². The number of rotatable bonds is 5. The maximum absolute atomic E-state index is 13.3. The molecule has 2 atom stereocenters. The second-order valence-corrected chi connectivity index (χ2v) is 5.68. The number of anilines is 2. The summed E-state index contributed by atoms with van der Waals surface area (Å²) in [5, 5.41) is 15.0. The van der Waals surface area contributed by atoms with E-state index in [2.05, 4.69) is 15.6 Å². The number of aliphatic hydroxyl groups excluding tert-OH is 1. The van der Waals surface area contributed by atoms with Gasteiger partial charge in [0.05, 0.1) is 5.56 Å². The number of hydrogen-bond donors (Lipinski definition) is 3. The van der Waals surface area contributed by atoms with Crippen molar-refractivity contribution < 1.29 is 14.3 Å². The maximum atomic E-state index is 13.3. The van der Waals surface area contributed by atoms with Crippen molar-refractivity contribution in [1.29, 1.82) is 0 Å². The van der Waals surface area contributed by atoms with Crippen molar-refractivity contribution in [3.05, 3.63) is 66.1 Å². The van der Waals surface area contributed by atoms with Gasteiger partial charge in [-0.25, -0.2) is 9.37 Å². The molecule has 3 N–H and O–H groups in total. The minimum Gasteiger partial charge on any atom is -0.396 e. The molecular formula is C18H18FN3O2. The number of carbonyl (C=O) groups is 1. The molecule has 0 bridgehead atoms. The Kier molecular flexibility index (Phi) is 4.86. The monoisotopic (exact) mass is 327 g/mol. The molecule has 1 aliphatic rings. The molecule has 2 aromatic rings. The Morgan fingerprint density at radius 2 is 2.17 bits per heavy atom. The third-order valence-corrected chi connectivity index (χ3v) is 3.86. The molecule has 1 aromatic carbocycles. The summed E-state index contributed by atoms with van der Waals surface area (Å²) < 4.78 is 13.3. The van der Waals surface area contributed by atoms with Gasteiger partial charge in [-0.05, 0) is 36.8 Å². The molecule has 0 saturated heterocycles. The quantitative estimate of drug-likeness (QED) is 0.738. The summed E-state index contributed by atoms with van der Waals surface area (Å²) in [4.78, 5) is 16.7. The minimum atomic E-state index is -0.368. The predicted octanol–water partition coefficient (Wildman–Crippen LogP) is 2.63. The van der Waals surface area contributed by atoms with Gasteiger partial charge in [-0.15, -0.1) is 0 Å². The molecule has 0 saturated carbocycles. The molecule has 0 spiro atoms. The molecule has 0 radical (unpaired) electrons. The molecule has 1 heterocycles. The number of aromatic nitrogens is 1. The second-order valence-electron chi connectivity index (χ2n) is 5.68. The first-order valence-corrected chi connectivity index (χ1v) is 7.73. The van der Waals surface area contributed by atoms with Crippen LogP contribution in [0.5, 0.6) is 0 Å². The lowest BCUT2D eigenvalue weighted by atomic mass is 10.1. The number of halogens is 1. The number of nitrogens with one attached hydrogen (secondary N) is 2. The van der Waals surface area contributed by atoms with Crippen LogP contribution in [0.2, 0.25) is 0 Å². The van der Waals surface area contributed by atoms with Crippen LogP contribution in [0.1, 0.15) is 16.8 Å². The van der Waals surface area contributed by atoms with E-state index in [1.54, 1.807) is 30.5 Å². The van der Waals surface area contributed by atoms with E-state index >= 15 is 0 Å². The normalized spacial score (nSPS) is 19.2. The summed E-state index contributed by atoms with van der Waals surface area (Å²) >= 11 is 0. The first-order chi connectivity index (χ1) is 11.7. The van der Waals surface area contributed by atoms with E-state index in [1.165, 1.54) is 12.1 Å². The van der Waals surface area contributed by atoms with E-state index in [4.69, 9.17) is 5.11 Å². The summed E-state index contributed by atoms with van der Waals surface area (Å²) in [6, 6.07) is 9.18. The number of carbonyl (C=O) groups excluding carboxylic acids is 1. The first kappa shape index (κ1) is 16.1. The number of benzene rings is 1. The summed E-state index contributed by atoms with van der Waals surface area (Å²) in [5.41, 5.74) is 0.895. The van der Waals surface area contributed by atoms with Crippen LogP contribution < -0.4 is 10.6 Å². The Labute approximate surface area is 139 Å². The van der Waals surface area contributed by atoms with Crippen LogP contribution in [0.4, 0.5) is 15.9 Å². The summed E-state index contributed by atoms with van der Waals surface area (Å²) in [7, 11) is 0. The van der Waals surface area contributed by atoms with Crippen molar-refractivity contribution in [3.63, 3.8) is 0 Å². The van der Waals surface area contributed by atoms with Crippen molar-refractivity contribution >= 4 is 17.4 Å². The van der Waals surface area contributed by atoms with Crippen LogP contribution in [0, 0.1) is 11.7 Å². The summed E-state index contributed by atoms with van der Waals surface area (Å²) in [6.45, 7) is 0.0716. The lowest BCUT2D eigenvalue weighted by Crippen LogP contribution is -2.33. The highest BCUT2D eigenvalue weighted by atomic mass is 19.1. The first-order valence-electron chi connectivity index (χ1n) is 7.73. The minimum absolute atomic E-state index is 0.0716. The van der Waals surface area contributed by atoms with Crippen molar-refractivity contribution in [2.24, 2.45) is 5.92 Å². The van der Waals surface area contributed by atoms with Crippen LogP contribution in [0.3, 0.4) is 0 Å². The topological polar surface area (TPSA) is 74.2 Å². The molecule has 24 heavy (non-hydrogen) atoms. The van der Waals surface area contributed by atoms with Gasteiger partial charge in [0.1, 0.15) is 11.6 Å². The summed E-state index contributed by atoms with van der Waals surface area (Å²) in [5.74, 6) is -0.196. The zero-order valence-electron chi connectivity index (χ0n) is 12.9. The number of amides is 1. The zero-order chi connectivity index (χ0) is 16.9. The molecule has 5 nitrogen and oxygen atoms in total. The smallest absolute Gasteiger partial charge is 0.255 e. The predicted molar refractivity (Wildman–Crippen MR) is 89.5 cm³/mol. The molecule has 124 valence electrons. The van der Waals surface area contributed by atoms with Gasteiger partial charge >= 0.3 is 0 Å². The number of aliphatic hydroxyl groups is 1. The zero-order valence-corrected chi connectivity index (χ0v) is 12.9. The number of pyridine rings is 1. The van der Waals surface area contributed by atoms with Gasteiger partial charge in [-0.2, -0.15) is 0 Å². The number of nitrogens with zero attached hydrogens (tertiary/aromatic N) is 1. The Bertz CT molecular complexity index is 763. The molecule has 6 heteroatoms. The van der Waals surface area contributed by atoms with E-state index in [0.717, 1.165) is 0 Å². The van der Waals surface area contributed by atoms with Crippen LogP contribution in [0.15, 0.2) is 54.7 Å². The molecule has 0 aliphatic heterocycles. The molecule has 1 aromatic heterocycles. The van der Waals surface area contributed by atoms with Crippen molar-refractivity contribution in [1.82, 2.24) is 10.3 Å².